The molecule has 3 rings (SSSR count). The number of thioether (sulfide) groups is 1. The van der Waals surface area contributed by atoms with Crippen molar-refractivity contribution in [2.45, 2.75) is 44.4 Å². The van der Waals surface area contributed by atoms with Gasteiger partial charge in [0.2, 0.25) is 0 Å². The van der Waals surface area contributed by atoms with Crippen LogP contribution < -0.4 is 5.32 Å². The van der Waals surface area contributed by atoms with E-state index in [1.807, 2.05) is 24.8 Å². The Morgan fingerprint density at radius 1 is 1.55 bits per heavy atom. The fourth-order valence-electron chi connectivity index (χ4n) is 3.04. The summed E-state index contributed by atoms with van der Waals surface area (Å²) in [4.78, 5) is 4.40. The van der Waals surface area contributed by atoms with Crippen LogP contribution in [0.4, 0.5) is 0 Å². The van der Waals surface area contributed by atoms with Gasteiger partial charge in [0.25, 0.3) is 0 Å². The lowest BCUT2D eigenvalue weighted by molar-refractivity contribution is -0.0703. The minimum atomic E-state index is 0.0999. The van der Waals surface area contributed by atoms with Crippen molar-refractivity contribution in [3.05, 3.63) is 23.5 Å². The Labute approximate surface area is 124 Å². The summed E-state index contributed by atoms with van der Waals surface area (Å²) in [6, 6.07) is 4.01. The summed E-state index contributed by atoms with van der Waals surface area (Å²) in [6.07, 6.45) is 3.29. The van der Waals surface area contributed by atoms with Crippen LogP contribution in [0.3, 0.4) is 0 Å². The van der Waals surface area contributed by atoms with Crippen LogP contribution >= 0.6 is 11.8 Å². The minimum Gasteiger partial charge on any atom is -0.506 e. The van der Waals surface area contributed by atoms with E-state index in [2.05, 4.69) is 10.3 Å². The van der Waals surface area contributed by atoms with Crippen molar-refractivity contribution in [2.24, 2.45) is 0 Å². The maximum absolute atomic E-state index is 9.84. The van der Waals surface area contributed by atoms with Crippen molar-refractivity contribution in [3.8, 4) is 5.75 Å². The second-order valence-corrected chi connectivity index (χ2v) is 6.93. The van der Waals surface area contributed by atoms with Crippen LogP contribution in [0.25, 0.3) is 0 Å². The van der Waals surface area contributed by atoms with E-state index in [1.54, 1.807) is 6.07 Å². The van der Waals surface area contributed by atoms with Crippen LogP contribution in [0.1, 0.15) is 30.7 Å². The van der Waals surface area contributed by atoms with Crippen molar-refractivity contribution in [3.63, 3.8) is 0 Å². The zero-order valence-electron chi connectivity index (χ0n) is 11.9. The molecule has 0 aromatic carbocycles. The molecule has 2 fully saturated rings. The van der Waals surface area contributed by atoms with Crippen molar-refractivity contribution < 1.29 is 9.84 Å². The molecule has 1 spiro atoms. The van der Waals surface area contributed by atoms with Gasteiger partial charge in [-0.25, -0.2) is 0 Å². The molecule has 110 valence electrons. The molecule has 0 unspecified atom stereocenters. The lowest BCUT2D eigenvalue weighted by Gasteiger charge is -2.38. The van der Waals surface area contributed by atoms with Gasteiger partial charge < -0.3 is 15.2 Å². The number of rotatable bonds is 3. The molecular formula is C15H22N2O2S. The van der Waals surface area contributed by atoms with Crippen molar-refractivity contribution in [2.75, 3.05) is 18.1 Å². The lowest BCUT2D eigenvalue weighted by Crippen LogP contribution is -2.47. The number of nitrogens with zero attached hydrogens (tertiary/aromatic N) is 1. The van der Waals surface area contributed by atoms with Crippen molar-refractivity contribution >= 4 is 11.8 Å². The molecule has 3 heterocycles. The molecule has 2 atom stereocenters. The van der Waals surface area contributed by atoms with Gasteiger partial charge in [-0.1, -0.05) is 0 Å². The van der Waals surface area contributed by atoms with E-state index in [0.717, 1.165) is 36.6 Å². The highest BCUT2D eigenvalue weighted by atomic mass is 32.2. The first-order valence-electron chi connectivity index (χ1n) is 7.27. The third-order valence-electron chi connectivity index (χ3n) is 4.21. The summed E-state index contributed by atoms with van der Waals surface area (Å²) in [5.74, 6) is 2.62. The second-order valence-electron chi connectivity index (χ2n) is 5.82. The molecule has 0 amide bonds. The van der Waals surface area contributed by atoms with Gasteiger partial charge in [0.15, 0.2) is 0 Å². The Morgan fingerprint density at radius 3 is 3.25 bits per heavy atom. The molecule has 5 heteroatoms. The van der Waals surface area contributed by atoms with E-state index in [-0.39, 0.29) is 11.4 Å². The molecule has 20 heavy (non-hydrogen) atoms. The number of nitrogens with one attached hydrogen (secondary N) is 1. The zero-order chi connectivity index (χ0) is 14.0. The molecule has 2 aliphatic rings. The molecule has 4 nitrogen and oxygen atoms in total. The molecular weight excluding hydrogens is 272 g/mol. The maximum Gasteiger partial charge on any atom is 0.138 e. The first-order chi connectivity index (χ1) is 9.67. The van der Waals surface area contributed by atoms with Crippen LogP contribution in [-0.4, -0.2) is 39.8 Å². The lowest BCUT2D eigenvalue weighted by atomic mass is 9.90. The second kappa shape index (κ2) is 5.92. The van der Waals surface area contributed by atoms with Crippen LogP contribution in [0.5, 0.6) is 5.75 Å². The molecule has 2 saturated heterocycles. The van der Waals surface area contributed by atoms with Crippen LogP contribution in [0, 0.1) is 6.92 Å². The predicted octanol–water partition coefficient (Wildman–Crippen LogP) is 2.24. The standard InChI is InChI=1S/C15H22N2O2S/c1-11-2-3-14(18)13(17-11)9-16-12-4-6-19-15(8-12)5-7-20-10-15/h2-3,12,16,18H,4-10H2,1H3/t12-,15-/m0/s1. The first-order valence-corrected chi connectivity index (χ1v) is 8.43. The normalized spacial score (nSPS) is 29.9. The minimum absolute atomic E-state index is 0.0999. The van der Waals surface area contributed by atoms with Crippen LogP contribution in [0.15, 0.2) is 12.1 Å². The highest BCUT2D eigenvalue weighted by Gasteiger charge is 2.40. The summed E-state index contributed by atoms with van der Waals surface area (Å²) in [5, 5.41) is 13.4. The summed E-state index contributed by atoms with van der Waals surface area (Å²) in [7, 11) is 0. The molecule has 2 N–H and O–H groups in total. The van der Waals surface area contributed by atoms with E-state index >= 15 is 0 Å². The predicted molar refractivity (Wildman–Crippen MR) is 81.1 cm³/mol. The summed E-state index contributed by atoms with van der Waals surface area (Å²) >= 11 is 2.00. The Kier molecular flexibility index (Phi) is 4.19. The van der Waals surface area contributed by atoms with E-state index in [4.69, 9.17) is 4.74 Å². The quantitative estimate of drug-likeness (QED) is 0.895. The van der Waals surface area contributed by atoms with E-state index in [9.17, 15) is 5.11 Å². The molecule has 0 aliphatic carbocycles. The Hall–Kier alpha value is -0.780. The zero-order valence-corrected chi connectivity index (χ0v) is 12.7. The van der Waals surface area contributed by atoms with Crippen molar-refractivity contribution in [1.29, 1.82) is 0 Å². The van der Waals surface area contributed by atoms with E-state index < -0.39 is 0 Å². The van der Waals surface area contributed by atoms with Gasteiger partial charge in [0.05, 0.1) is 11.3 Å². The maximum atomic E-state index is 9.84. The number of hydrogen-bond donors (Lipinski definition) is 2. The Morgan fingerprint density at radius 2 is 2.45 bits per heavy atom. The van der Waals surface area contributed by atoms with Gasteiger partial charge in [-0.05, 0) is 44.1 Å². The Bertz CT molecular complexity index is 475. The number of aromatic nitrogens is 1. The molecule has 2 aliphatic heterocycles. The molecule has 0 radical (unpaired) electrons. The number of ether oxygens (including phenoxy) is 1. The topological polar surface area (TPSA) is 54.4 Å². The molecule has 0 saturated carbocycles. The molecule has 1 aromatic heterocycles. The summed E-state index contributed by atoms with van der Waals surface area (Å²) in [6.45, 7) is 3.41. The van der Waals surface area contributed by atoms with Crippen LogP contribution in [0.2, 0.25) is 0 Å². The molecule has 0 bridgehead atoms. The number of hydrogen-bond acceptors (Lipinski definition) is 5. The fourth-order valence-corrected chi connectivity index (χ4v) is 4.42. The van der Waals surface area contributed by atoms with Gasteiger partial charge in [-0.3, -0.25) is 4.98 Å². The number of aromatic hydroxyl groups is 1. The number of aryl methyl sites for hydroxylation is 1. The van der Waals surface area contributed by atoms with Gasteiger partial charge in [-0.15, -0.1) is 0 Å². The third-order valence-corrected chi connectivity index (χ3v) is 5.43. The average molecular weight is 294 g/mol. The van der Waals surface area contributed by atoms with E-state index in [1.165, 1.54) is 12.2 Å². The molecule has 1 aromatic rings. The highest BCUT2D eigenvalue weighted by Crippen LogP contribution is 2.38. The van der Waals surface area contributed by atoms with E-state index in [0.29, 0.717) is 12.6 Å². The summed E-state index contributed by atoms with van der Waals surface area (Å²) < 4.78 is 6.03. The van der Waals surface area contributed by atoms with Gasteiger partial charge in [0, 0.05) is 30.6 Å². The first kappa shape index (κ1) is 14.2. The smallest absolute Gasteiger partial charge is 0.138 e. The largest absolute Gasteiger partial charge is 0.506 e. The Balaban J connectivity index is 1.59. The third kappa shape index (κ3) is 3.10. The van der Waals surface area contributed by atoms with Gasteiger partial charge in [-0.2, -0.15) is 11.8 Å². The summed E-state index contributed by atoms with van der Waals surface area (Å²) in [5.41, 5.74) is 1.78. The highest BCUT2D eigenvalue weighted by molar-refractivity contribution is 7.99. The van der Waals surface area contributed by atoms with Crippen molar-refractivity contribution in [1.82, 2.24) is 10.3 Å². The van der Waals surface area contributed by atoms with Crippen LogP contribution in [-0.2, 0) is 11.3 Å². The monoisotopic (exact) mass is 294 g/mol. The average Bonchev–Trinajstić information content (AvgIpc) is 2.88. The fraction of sp³-hybridized carbons (Fsp3) is 0.667. The SMILES string of the molecule is Cc1ccc(O)c(CN[C@H]2CCO[C@@]3(CCSC3)C2)n1. The van der Waals surface area contributed by atoms with Gasteiger partial charge in [0.1, 0.15) is 5.75 Å². The number of pyridine rings is 1. The van der Waals surface area contributed by atoms with Gasteiger partial charge >= 0.3 is 0 Å².